The number of anilines is 2. The van der Waals surface area contributed by atoms with Gasteiger partial charge in [0.25, 0.3) is 5.91 Å². The summed E-state index contributed by atoms with van der Waals surface area (Å²) in [4.78, 5) is 25.6. The number of benzene rings is 3. The molecule has 30 heavy (non-hydrogen) atoms. The number of amides is 2. The molecule has 0 saturated carbocycles. The lowest BCUT2D eigenvalue weighted by Gasteiger charge is -2.11. The van der Waals surface area contributed by atoms with Crippen LogP contribution in [0.2, 0.25) is 0 Å². The largest absolute Gasteiger partial charge is 0.492 e. The van der Waals surface area contributed by atoms with E-state index in [1.165, 1.54) is 11.8 Å². The summed E-state index contributed by atoms with van der Waals surface area (Å²) in [6.07, 6.45) is 0. The molecule has 0 heterocycles. The molecule has 0 aliphatic heterocycles. The Balaban J connectivity index is 1.52. The Morgan fingerprint density at radius 2 is 1.70 bits per heavy atom. The Bertz CT molecular complexity index is 1020. The number of aryl methyl sites for hydroxylation is 1. The van der Waals surface area contributed by atoms with Gasteiger partial charge >= 0.3 is 0 Å². The van der Waals surface area contributed by atoms with Crippen LogP contribution in [0.5, 0.6) is 5.75 Å². The van der Waals surface area contributed by atoms with Crippen molar-refractivity contribution in [2.24, 2.45) is 0 Å². The van der Waals surface area contributed by atoms with Crippen LogP contribution in [0.4, 0.5) is 11.4 Å². The molecule has 3 aromatic rings. The van der Waals surface area contributed by atoms with Gasteiger partial charge in [-0.05, 0) is 62.4 Å². The molecule has 6 heteroatoms. The van der Waals surface area contributed by atoms with Gasteiger partial charge in [0.15, 0.2) is 0 Å². The fourth-order valence-corrected chi connectivity index (χ4v) is 3.51. The second-order valence-electron chi connectivity index (χ2n) is 6.61. The van der Waals surface area contributed by atoms with Crippen molar-refractivity contribution in [3.05, 3.63) is 83.9 Å². The van der Waals surface area contributed by atoms with Crippen LogP contribution < -0.4 is 15.4 Å². The van der Waals surface area contributed by atoms with E-state index in [1.54, 1.807) is 6.07 Å². The van der Waals surface area contributed by atoms with Gasteiger partial charge in [-0.15, -0.1) is 11.8 Å². The molecular weight excluding hydrogens is 396 g/mol. The molecule has 0 radical (unpaired) electrons. The molecular formula is C24H24N2O3S. The molecule has 2 N–H and O–H groups in total. The van der Waals surface area contributed by atoms with Crippen LogP contribution in [-0.2, 0) is 4.79 Å². The molecule has 0 aliphatic rings. The van der Waals surface area contributed by atoms with E-state index < -0.39 is 0 Å². The molecule has 0 atom stereocenters. The lowest BCUT2D eigenvalue weighted by molar-refractivity contribution is -0.113. The highest BCUT2D eigenvalue weighted by atomic mass is 32.2. The number of thioether (sulfide) groups is 1. The van der Waals surface area contributed by atoms with Crippen molar-refractivity contribution in [1.82, 2.24) is 0 Å². The summed E-state index contributed by atoms with van der Waals surface area (Å²) in [5, 5.41) is 5.77. The second kappa shape index (κ2) is 10.5. The summed E-state index contributed by atoms with van der Waals surface area (Å²) >= 11 is 1.43. The molecule has 154 valence electrons. The molecule has 0 aliphatic carbocycles. The molecule has 0 unspecified atom stereocenters. The highest BCUT2D eigenvalue weighted by Crippen LogP contribution is 2.25. The Kier molecular flexibility index (Phi) is 7.51. The maximum Gasteiger partial charge on any atom is 0.255 e. The van der Waals surface area contributed by atoms with Crippen LogP contribution >= 0.6 is 11.8 Å². The summed E-state index contributed by atoms with van der Waals surface area (Å²) < 4.78 is 5.53. The van der Waals surface area contributed by atoms with Gasteiger partial charge in [0, 0.05) is 16.1 Å². The first-order valence-electron chi connectivity index (χ1n) is 9.67. The SMILES string of the molecule is CCOc1ccccc1NC(=O)CSc1ccc(NC(=O)c2cccc(C)c2)cc1. The van der Waals surface area contributed by atoms with E-state index in [1.807, 2.05) is 80.6 Å². The van der Waals surface area contributed by atoms with Gasteiger partial charge in [-0.25, -0.2) is 0 Å². The van der Waals surface area contributed by atoms with Gasteiger partial charge in [-0.2, -0.15) is 0 Å². The van der Waals surface area contributed by atoms with Crippen molar-refractivity contribution in [2.75, 3.05) is 23.0 Å². The molecule has 3 rings (SSSR count). The maximum atomic E-state index is 12.3. The lowest BCUT2D eigenvalue weighted by Crippen LogP contribution is -2.15. The molecule has 0 fully saturated rings. The standard InChI is InChI=1S/C24H24N2O3S/c1-3-29-22-10-5-4-9-21(22)26-23(27)16-30-20-13-11-19(12-14-20)25-24(28)18-8-6-7-17(2)15-18/h4-15H,3,16H2,1-2H3,(H,25,28)(H,26,27). The summed E-state index contributed by atoms with van der Waals surface area (Å²) in [6, 6.07) is 22.3. The number of hydrogen-bond donors (Lipinski definition) is 2. The quantitative estimate of drug-likeness (QED) is 0.480. The smallest absolute Gasteiger partial charge is 0.255 e. The minimum atomic E-state index is -0.147. The van der Waals surface area contributed by atoms with E-state index in [9.17, 15) is 9.59 Å². The van der Waals surface area contributed by atoms with E-state index in [0.717, 1.165) is 10.5 Å². The fraction of sp³-hybridized carbons (Fsp3) is 0.167. The predicted octanol–water partition coefficient (Wildman–Crippen LogP) is 5.38. The highest BCUT2D eigenvalue weighted by molar-refractivity contribution is 8.00. The van der Waals surface area contributed by atoms with Crippen molar-refractivity contribution in [1.29, 1.82) is 0 Å². The third-order valence-corrected chi connectivity index (χ3v) is 5.24. The molecule has 0 saturated heterocycles. The van der Waals surface area contributed by atoms with Gasteiger partial charge < -0.3 is 15.4 Å². The average molecular weight is 421 g/mol. The van der Waals surface area contributed by atoms with E-state index in [-0.39, 0.29) is 17.6 Å². The van der Waals surface area contributed by atoms with Gasteiger partial charge in [0.1, 0.15) is 5.75 Å². The van der Waals surface area contributed by atoms with Crippen molar-refractivity contribution >= 4 is 35.0 Å². The second-order valence-corrected chi connectivity index (χ2v) is 7.66. The van der Waals surface area contributed by atoms with E-state index in [4.69, 9.17) is 4.74 Å². The zero-order valence-corrected chi connectivity index (χ0v) is 17.8. The van der Waals surface area contributed by atoms with Crippen LogP contribution in [0.15, 0.2) is 77.7 Å². The number of para-hydroxylation sites is 2. The Morgan fingerprint density at radius 1 is 0.933 bits per heavy atom. The first-order valence-corrected chi connectivity index (χ1v) is 10.7. The molecule has 5 nitrogen and oxygen atoms in total. The summed E-state index contributed by atoms with van der Waals surface area (Å²) in [6.45, 7) is 4.39. The average Bonchev–Trinajstić information content (AvgIpc) is 2.75. The molecule has 0 bridgehead atoms. The van der Waals surface area contributed by atoms with E-state index in [0.29, 0.717) is 29.3 Å². The first-order chi connectivity index (χ1) is 14.5. The van der Waals surface area contributed by atoms with Crippen LogP contribution in [0, 0.1) is 6.92 Å². The van der Waals surface area contributed by atoms with Crippen molar-refractivity contribution in [2.45, 2.75) is 18.7 Å². The van der Waals surface area contributed by atoms with Gasteiger partial charge in [-0.1, -0.05) is 29.8 Å². The summed E-state index contributed by atoms with van der Waals surface area (Å²) in [5.74, 6) is 0.678. The number of carbonyl (C=O) groups is 2. The van der Waals surface area contributed by atoms with Crippen molar-refractivity contribution in [3.8, 4) is 5.75 Å². The monoisotopic (exact) mass is 420 g/mol. The zero-order chi connectivity index (χ0) is 21.3. The van der Waals surface area contributed by atoms with Crippen LogP contribution in [0.3, 0.4) is 0 Å². The Hall–Kier alpha value is -3.25. The van der Waals surface area contributed by atoms with Crippen molar-refractivity contribution < 1.29 is 14.3 Å². The minimum Gasteiger partial charge on any atom is -0.492 e. The third kappa shape index (κ3) is 6.12. The Labute approximate surface area is 180 Å². The molecule has 2 amide bonds. The summed E-state index contributed by atoms with van der Waals surface area (Å²) in [5.41, 5.74) is 3.04. The molecule has 3 aromatic carbocycles. The zero-order valence-electron chi connectivity index (χ0n) is 17.0. The fourth-order valence-electron chi connectivity index (χ4n) is 2.81. The van der Waals surface area contributed by atoms with Crippen LogP contribution in [0.25, 0.3) is 0 Å². The highest BCUT2D eigenvalue weighted by Gasteiger charge is 2.09. The van der Waals surface area contributed by atoms with Crippen molar-refractivity contribution in [3.63, 3.8) is 0 Å². The topological polar surface area (TPSA) is 67.4 Å². The molecule has 0 spiro atoms. The van der Waals surface area contributed by atoms with Gasteiger partial charge in [-0.3, -0.25) is 9.59 Å². The van der Waals surface area contributed by atoms with Crippen LogP contribution in [-0.4, -0.2) is 24.2 Å². The lowest BCUT2D eigenvalue weighted by atomic mass is 10.1. The van der Waals surface area contributed by atoms with Gasteiger partial charge in [0.2, 0.25) is 5.91 Å². The molecule has 0 aromatic heterocycles. The number of nitrogens with one attached hydrogen (secondary N) is 2. The third-order valence-electron chi connectivity index (χ3n) is 4.22. The number of ether oxygens (including phenoxy) is 1. The van der Waals surface area contributed by atoms with E-state index in [2.05, 4.69) is 10.6 Å². The number of hydrogen-bond acceptors (Lipinski definition) is 4. The predicted molar refractivity (Wildman–Crippen MR) is 123 cm³/mol. The Morgan fingerprint density at radius 3 is 2.43 bits per heavy atom. The number of rotatable bonds is 8. The first kappa shape index (κ1) is 21.5. The van der Waals surface area contributed by atoms with E-state index >= 15 is 0 Å². The number of carbonyl (C=O) groups excluding carboxylic acids is 2. The maximum absolute atomic E-state index is 12.3. The van der Waals surface area contributed by atoms with Gasteiger partial charge in [0.05, 0.1) is 18.0 Å². The normalized spacial score (nSPS) is 10.3. The van der Waals surface area contributed by atoms with Crippen LogP contribution in [0.1, 0.15) is 22.8 Å². The minimum absolute atomic E-state index is 0.107. The summed E-state index contributed by atoms with van der Waals surface area (Å²) in [7, 11) is 0.